The predicted molar refractivity (Wildman–Crippen MR) is 73.9 cm³/mol. The first-order chi connectivity index (χ1) is 8.04. The third-order valence-electron chi connectivity index (χ3n) is 4.40. The lowest BCUT2D eigenvalue weighted by molar-refractivity contribution is -0.105. The smallest absolute Gasteiger partial charge is 0.145 e. The largest absolute Gasteiger partial charge is 0.298 e. The van der Waals surface area contributed by atoms with Crippen molar-refractivity contribution in [3.8, 4) is 0 Å². The average molecular weight is 236 g/mol. The zero-order valence-corrected chi connectivity index (χ0v) is 11.9. The van der Waals surface area contributed by atoms with Gasteiger partial charge in [0.25, 0.3) is 0 Å². The summed E-state index contributed by atoms with van der Waals surface area (Å²) in [5, 5.41) is 0. The van der Waals surface area contributed by atoms with Gasteiger partial charge in [-0.2, -0.15) is 0 Å². The highest BCUT2D eigenvalue weighted by Gasteiger charge is 2.19. The van der Waals surface area contributed by atoms with Crippen LogP contribution in [0.3, 0.4) is 0 Å². The van der Waals surface area contributed by atoms with E-state index >= 15 is 0 Å². The second-order valence-corrected chi connectivity index (χ2v) is 6.22. The van der Waals surface area contributed by atoms with Crippen molar-refractivity contribution in [2.24, 2.45) is 23.7 Å². The highest BCUT2D eigenvalue weighted by Crippen LogP contribution is 2.30. The summed E-state index contributed by atoms with van der Waals surface area (Å²) in [7, 11) is 0. The molecular formula is C16H28O. The lowest BCUT2D eigenvalue weighted by atomic mass is 9.80. The molecule has 0 aliphatic heterocycles. The van der Waals surface area contributed by atoms with Crippen LogP contribution in [0.2, 0.25) is 0 Å². The minimum Gasteiger partial charge on any atom is -0.298 e. The Kier molecular flexibility index (Phi) is 5.94. The van der Waals surface area contributed by atoms with Crippen molar-refractivity contribution in [2.75, 3.05) is 0 Å². The van der Waals surface area contributed by atoms with Crippen LogP contribution in [0.25, 0.3) is 0 Å². The van der Waals surface area contributed by atoms with Crippen LogP contribution in [-0.2, 0) is 4.79 Å². The maximum Gasteiger partial charge on any atom is 0.145 e. The molecule has 1 rings (SSSR count). The fraction of sp³-hybridized carbons (Fsp3) is 0.812. The zero-order valence-electron chi connectivity index (χ0n) is 11.9. The third-order valence-corrected chi connectivity index (χ3v) is 4.40. The molecule has 0 amide bonds. The molecule has 98 valence electrons. The summed E-state index contributed by atoms with van der Waals surface area (Å²) in [6.45, 7) is 9.18. The molecule has 0 fully saturated rings. The first-order valence-electron chi connectivity index (χ1n) is 7.19. The number of allylic oxidation sites excluding steroid dienone is 2. The van der Waals surface area contributed by atoms with Gasteiger partial charge >= 0.3 is 0 Å². The van der Waals surface area contributed by atoms with E-state index in [0.29, 0.717) is 5.92 Å². The summed E-state index contributed by atoms with van der Waals surface area (Å²) in [4.78, 5) is 11.1. The molecule has 17 heavy (non-hydrogen) atoms. The van der Waals surface area contributed by atoms with Crippen LogP contribution in [0, 0.1) is 23.7 Å². The molecule has 1 heteroatoms. The fourth-order valence-corrected chi connectivity index (χ4v) is 2.76. The molecule has 0 saturated heterocycles. The number of hydrogen-bond acceptors (Lipinski definition) is 1. The molecule has 0 unspecified atom stereocenters. The first-order valence-corrected chi connectivity index (χ1v) is 7.19. The standard InChI is InChI=1S/C16H28O/c1-12(2)15-8-5-13(3)6-9-16(11-17)14(4)7-10-15/h9,11-15H,5-8,10H2,1-4H3/b16-9-/t13-,14-,15+/m1/s1. The summed E-state index contributed by atoms with van der Waals surface area (Å²) in [5.74, 6) is 2.78. The van der Waals surface area contributed by atoms with Crippen LogP contribution in [0.15, 0.2) is 11.6 Å². The van der Waals surface area contributed by atoms with Gasteiger partial charge in [0, 0.05) is 0 Å². The summed E-state index contributed by atoms with van der Waals surface area (Å²) in [6.07, 6.45) is 9.43. The highest BCUT2D eigenvalue weighted by molar-refractivity contribution is 5.73. The molecule has 0 N–H and O–H groups in total. The molecule has 0 spiro atoms. The van der Waals surface area contributed by atoms with Gasteiger partial charge in [-0.1, -0.05) is 40.2 Å². The van der Waals surface area contributed by atoms with Crippen molar-refractivity contribution in [3.63, 3.8) is 0 Å². The maximum absolute atomic E-state index is 11.1. The quantitative estimate of drug-likeness (QED) is 0.639. The summed E-state index contributed by atoms with van der Waals surface area (Å²) in [6, 6.07) is 0. The SMILES string of the molecule is CC(C)[C@H]1CC[C@@H](C)C/C=C(/C=O)[C@H](C)CC1. The molecule has 0 aromatic carbocycles. The van der Waals surface area contributed by atoms with Crippen molar-refractivity contribution in [1.29, 1.82) is 0 Å². The van der Waals surface area contributed by atoms with Gasteiger partial charge in [0.2, 0.25) is 0 Å². The first kappa shape index (κ1) is 14.5. The minimum atomic E-state index is 0.444. The second kappa shape index (κ2) is 6.98. The Labute approximate surface area is 107 Å². The molecule has 0 aromatic heterocycles. The number of aldehydes is 1. The van der Waals surface area contributed by atoms with E-state index in [-0.39, 0.29) is 0 Å². The second-order valence-electron chi connectivity index (χ2n) is 6.22. The monoisotopic (exact) mass is 236 g/mol. The molecule has 0 saturated carbocycles. The van der Waals surface area contributed by atoms with E-state index in [1.54, 1.807) is 0 Å². The van der Waals surface area contributed by atoms with Gasteiger partial charge in [0.15, 0.2) is 0 Å². The summed E-state index contributed by atoms with van der Waals surface area (Å²) >= 11 is 0. The number of hydrogen-bond donors (Lipinski definition) is 0. The molecule has 3 atom stereocenters. The van der Waals surface area contributed by atoms with Crippen molar-refractivity contribution >= 4 is 6.29 Å². The van der Waals surface area contributed by atoms with E-state index in [1.807, 2.05) is 0 Å². The normalized spacial score (nSPS) is 35.1. The van der Waals surface area contributed by atoms with Gasteiger partial charge in [-0.05, 0) is 54.9 Å². The van der Waals surface area contributed by atoms with Crippen LogP contribution >= 0.6 is 0 Å². The van der Waals surface area contributed by atoms with Gasteiger partial charge in [0.05, 0.1) is 0 Å². The summed E-state index contributed by atoms with van der Waals surface area (Å²) < 4.78 is 0. The highest BCUT2D eigenvalue weighted by atomic mass is 16.1. The Bertz CT molecular complexity index is 265. The van der Waals surface area contributed by atoms with E-state index < -0.39 is 0 Å². The van der Waals surface area contributed by atoms with E-state index in [1.165, 1.54) is 25.7 Å². The average Bonchev–Trinajstić information content (AvgIpc) is 2.28. The van der Waals surface area contributed by atoms with Crippen molar-refractivity contribution < 1.29 is 4.79 Å². The lowest BCUT2D eigenvalue weighted by Gasteiger charge is -2.25. The molecule has 1 aliphatic rings. The number of carbonyl (C=O) groups excluding carboxylic acids is 1. The van der Waals surface area contributed by atoms with E-state index in [4.69, 9.17) is 0 Å². The van der Waals surface area contributed by atoms with Crippen LogP contribution in [0.5, 0.6) is 0 Å². The zero-order chi connectivity index (χ0) is 12.8. The Morgan fingerprint density at radius 2 is 1.82 bits per heavy atom. The lowest BCUT2D eigenvalue weighted by Crippen LogP contribution is -2.14. The fourth-order valence-electron chi connectivity index (χ4n) is 2.76. The van der Waals surface area contributed by atoms with Crippen LogP contribution in [0.4, 0.5) is 0 Å². The van der Waals surface area contributed by atoms with Crippen molar-refractivity contribution in [3.05, 3.63) is 11.6 Å². The van der Waals surface area contributed by atoms with Crippen LogP contribution < -0.4 is 0 Å². The Morgan fingerprint density at radius 1 is 1.18 bits per heavy atom. The Balaban J connectivity index is 2.73. The predicted octanol–water partition coefficient (Wildman–Crippen LogP) is 4.62. The molecule has 0 radical (unpaired) electrons. The Morgan fingerprint density at radius 3 is 2.41 bits per heavy atom. The molecule has 1 nitrogen and oxygen atoms in total. The Hall–Kier alpha value is -0.590. The molecule has 0 aromatic rings. The molecule has 1 aliphatic carbocycles. The number of carbonyl (C=O) groups is 1. The van der Waals surface area contributed by atoms with E-state index in [9.17, 15) is 4.79 Å². The molecule has 0 bridgehead atoms. The van der Waals surface area contributed by atoms with Crippen LogP contribution in [-0.4, -0.2) is 6.29 Å². The van der Waals surface area contributed by atoms with E-state index in [2.05, 4.69) is 33.8 Å². The maximum atomic E-state index is 11.1. The van der Waals surface area contributed by atoms with E-state index in [0.717, 1.165) is 36.0 Å². The summed E-state index contributed by atoms with van der Waals surface area (Å²) in [5.41, 5.74) is 1.03. The third kappa shape index (κ3) is 4.65. The van der Waals surface area contributed by atoms with Gasteiger partial charge in [-0.3, -0.25) is 4.79 Å². The van der Waals surface area contributed by atoms with Gasteiger partial charge < -0.3 is 0 Å². The van der Waals surface area contributed by atoms with Crippen molar-refractivity contribution in [1.82, 2.24) is 0 Å². The van der Waals surface area contributed by atoms with Crippen molar-refractivity contribution in [2.45, 2.75) is 59.8 Å². The van der Waals surface area contributed by atoms with Gasteiger partial charge in [-0.15, -0.1) is 0 Å². The topological polar surface area (TPSA) is 17.1 Å². The minimum absolute atomic E-state index is 0.444. The molecular weight excluding hydrogens is 208 g/mol. The van der Waals surface area contributed by atoms with Gasteiger partial charge in [-0.25, -0.2) is 0 Å². The molecule has 0 heterocycles. The van der Waals surface area contributed by atoms with Gasteiger partial charge in [0.1, 0.15) is 6.29 Å². The van der Waals surface area contributed by atoms with Crippen LogP contribution in [0.1, 0.15) is 59.8 Å². The number of rotatable bonds is 2.